The van der Waals surface area contributed by atoms with Crippen molar-refractivity contribution in [2.24, 2.45) is 0 Å². The Bertz CT molecular complexity index is 1640. The highest BCUT2D eigenvalue weighted by Gasteiger charge is 2.34. The summed E-state index contributed by atoms with van der Waals surface area (Å²) in [7, 11) is 2.75. The monoisotopic (exact) mass is 600 g/mol. The Hall–Kier alpha value is -4.45. The van der Waals surface area contributed by atoms with Crippen molar-refractivity contribution in [3.8, 4) is 11.3 Å². The summed E-state index contributed by atoms with van der Waals surface area (Å²) in [6.45, 7) is 4.48. The van der Waals surface area contributed by atoms with Crippen LogP contribution in [0.25, 0.3) is 22.2 Å². The van der Waals surface area contributed by atoms with Crippen LogP contribution in [0.3, 0.4) is 0 Å². The molecule has 2 aromatic heterocycles. The third kappa shape index (κ3) is 7.89. The molecule has 2 heterocycles. The predicted molar refractivity (Wildman–Crippen MR) is 154 cm³/mol. The molecule has 2 aromatic carbocycles. The first-order chi connectivity index (χ1) is 20.3. The van der Waals surface area contributed by atoms with Crippen LogP contribution in [-0.2, 0) is 19.3 Å². The molecule has 0 saturated carbocycles. The third-order valence-electron chi connectivity index (χ3n) is 6.58. The number of hydrogen-bond acceptors (Lipinski definition) is 6. The van der Waals surface area contributed by atoms with Gasteiger partial charge in [-0.15, -0.1) is 0 Å². The highest BCUT2D eigenvalue weighted by atomic mass is 19.4. The van der Waals surface area contributed by atoms with E-state index in [0.29, 0.717) is 23.3 Å². The number of hydrogen-bond donors (Lipinski definition) is 1. The quantitative estimate of drug-likeness (QED) is 0.120. The summed E-state index contributed by atoms with van der Waals surface area (Å²) in [4.78, 5) is 15.3. The molecule has 226 valence electrons. The van der Waals surface area contributed by atoms with E-state index < -0.39 is 18.0 Å². The SMILES string of the molecule is C/C=C\C(=C/N(C)C(F)(F)F)Nc1nc(CN(C)Cc2ccccc2C)nc2cc(-c3ncccc3C(F)(F)F)ccc12. The van der Waals surface area contributed by atoms with Crippen LogP contribution in [0, 0.1) is 6.92 Å². The topological polar surface area (TPSA) is 57.2 Å². The van der Waals surface area contributed by atoms with Crippen LogP contribution in [0.15, 0.2) is 84.8 Å². The van der Waals surface area contributed by atoms with Gasteiger partial charge in [-0.05, 0) is 62.4 Å². The minimum absolute atomic E-state index is 0.0923. The number of fused-ring (bicyclic) bond motifs is 1. The molecule has 43 heavy (non-hydrogen) atoms. The third-order valence-corrected chi connectivity index (χ3v) is 6.58. The van der Waals surface area contributed by atoms with Gasteiger partial charge in [0, 0.05) is 36.9 Å². The van der Waals surface area contributed by atoms with Gasteiger partial charge in [-0.25, -0.2) is 9.97 Å². The molecule has 0 aliphatic rings. The molecule has 12 heteroatoms. The number of benzene rings is 2. The average Bonchev–Trinajstić information content (AvgIpc) is 2.93. The lowest BCUT2D eigenvalue weighted by molar-refractivity contribution is -0.219. The summed E-state index contributed by atoms with van der Waals surface area (Å²) in [5, 5.41) is 3.37. The van der Waals surface area contributed by atoms with Crippen molar-refractivity contribution in [2.75, 3.05) is 19.4 Å². The average molecular weight is 601 g/mol. The van der Waals surface area contributed by atoms with Gasteiger partial charge in [0.2, 0.25) is 0 Å². The van der Waals surface area contributed by atoms with Crippen molar-refractivity contribution in [1.82, 2.24) is 24.8 Å². The van der Waals surface area contributed by atoms with Crippen molar-refractivity contribution in [3.63, 3.8) is 0 Å². The minimum atomic E-state index is -4.63. The summed E-state index contributed by atoms with van der Waals surface area (Å²) in [5.74, 6) is 0.525. The standard InChI is InChI=1S/C31H30F6N6/c1-5-9-23(18-43(4)31(35,36)37)39-29-24-14-13-21(28-25(30(32,33)34)12-8-15-38-28)16-26(24)40-27(41-29)19-42(3)17-22-11-7-6-10-20(22)2/h5-16,18H,17,19H2,1-4H3,(H,39,40,41)/b9-5-,23-18+. The zero-order valence-electron chi connectivity index (χ0n) is 23.9. The first-order valence-electron chi connectivity index (χ1n) is 13.2. The number of aromatic nitrogens is 3. The molecule has 4 rings (SSSR count). The fourth-order valence-electron chi connectivity index (χ4n) is 4.45. The summed E-state index contributed by atoms with van der Waals surface area (Å²) in [5.41, 5.74) is 1.62. The lowest BCUT2D eigenvalue weighted by atomic mass is 10.0. The smallest absolute Gasteiger partial charge is 0.338 e. The van der Waals surface area contributed by atoms with E-state index in [1.807, 2.05) is 43.1 Å². The number of nitrogens with zero attached hydrogens (tertiary/aromatic N) is 5. The Morgan fingerprint density at radius 1 is 0.930 bits per heavy atom. The molecule has 6 nitrogen and oxygen atoms in total. The van der Waals surface area contributed by atoms with Crippen molar-refractivity contribution in [2.45, 2.75) is 39.4 Å². The Labute approximate surface area is 245 Å². The second-order valence-corrected chi connectivity index (χ2v) is 10.0. The molecule has 4 aromatic rings. The number of allylic oxidation sites excluding steroid dienone is 2. The summed E-state index contributed by atoms with van der Waals surface area (Å²) in [6.07, 6.45) is -4.05. The number of nitrogens with one attached hydrogen (secondary N) is 1. The van der Waals surface area contributed by atoms with Gasteiger partial charge in [-0.3, -0.25) is 14.8 Å². The zero-order valence-corrected chi connectivity index (χ0v) is 23.9. The Balaban J connectivity index is 1.81. The molecule has 0 spiro atoms. The van der Waals surface area contributed by atoms with Gasteiger partial charge in [-0.2, -0.15) is 26.3 Å². The van der Waals surface area contributed by atoms with E-state index in [0.717, 1.165) is 30.4 Å². The fourth-order valence-corrected chi connectivity index (χ4v) is 4.45. The number of aryl methyl sites for hydroxylation is 1. The van der Waals surface area contributed by atoms with Crippen LogP contribution >= 0.6 is 0 Å². The van der Waals surface area contributed by atoms with E-state index in [1.165, 1.54) is 36.5 Å². The lowest BCUT2D eigenvalue weighted by Gasteiger charge is -2.21. The predicted octanol–water partition coefficient (Wildman–Crippen LogP) is 7.93. The van der Waals surface area contributed by atoms with Gasteiger partial charge in [0.1, 0.15) is 11.6 Å². The number of alkyl halides is 6. The van der Waals surface area contributed by atoms with Crippen molar-refractivity contribution >= 4 is 16.7 Å². The lowest BCUT2D eigenvalue weighted by Crippen LogP contribution is -2.30. The Kier molecular flexibility index (Phi) is 9.39. The molecule has 0 bridgehead atoms. The van der Waals surface area contributed by atoms with E-state index in [9.17, 15) is 26.3 Å². The maximum atomic E-state index is 13.8. The van der Waals surface area contributed by atoms with Crippen LogP contribution in [0.2, 0.25) is 0 Å². The van der Waals surface area contributed by atoms with Gasteiger partial charge in [0.25, 0.3) is 0 Å². The highest BCUT2D eigenvalue weighted by Crippen LogP contribution is 2.37. The molecule has 0 unspecified atom stereocenters. The number of anilines is 1. The number of pyridine rings is 1. The molecule has 0 saturated heterocycles. The summed E-state index contributed by atoms with van der Waals surface area (Å²) >= 11 is 0. The van der Waals surface area contributed by atoms with E-state index in [1.54, 1.807) is 13.0 Å². The zero-order chi connectivity index (χ0) is 31.4. The molecular formula is C31H30F6N6. The maximum Gasteiger partial charge on any atom is 0.484 e. The molecule has 0 radical (unpaired) electrons. The van der Waals surface area contributed by atoms with Crippen LogP contribution in [0.1, 0.15) is 29.4 Å². The van der Waals surface area contributed by atoms with Crippen molar-refractivity contribution in [3.05, 3.63) is 107 Å². The second-order valence-electron chi connectivity index (χ2n) is 10.0. The van der Waals surface area contributed by atoms with Crippen LogP contribution < -0.4 is 5.32 Å². The van der Waals surface area contributed by atoms with Gasteiger partial charge in [0.15, 0.2) is 0 Å². The van der Waals surface area contributed by atoms with Gasteiger partial charge >= 0.3 is 12.5 Å². The summed E-state index contributed by atoms with van der Waals surface area (Å²) in [6, 6.07) is 14.5. The second kappa shape index (κ2) is 12.8. The Morgan fingerprint density at radius 2 is 1.67 bits per heavy atom. The van der Waals surface area contributed by atoms with Crippen molar-refractivity contribution < 1.29 is 26.3 Å². The van der Waals surface area contributed by atoms with E-state index in [4.69, 9.17) is 0 Å². The van der Waals surface area contributed by atoms with Gasteiger partial charge < -0.3 is 5.32 Å². The van der Waals surface area contributed by atoms with E-state index >= 15 is 0 Å². The molecule has 0 amide bonds. The van der Waals surface area contributed by atoms with E-state index in [-0.39, 0.29) is 34.2 Å². The van der Waals surface area contributed by atoms with E-state index in [2.05, 4.69) is 20.3 Å². The van der Waals surface area contributed by atoms with Gasteiger partial charge in [0.05, 0.1) is 29.0 Å². The first-order valence-corrected chi connectivity index (χ1v) is 13.2. The molecule has 0 aliphatic carbocycles. The van der Waals surface area contributed by atoms with Crippen LogP contribution in [0.5, 0.6) is 0 Å². The normalized spacial score (nSPS) is 12.9. The molecular weight excluding hydrogens is 570 g/mol. The molecule has 0 fully saturated rings. The van der Waals surface area contributed by atoms with Crippen molar-refractivity contribution in [1.29, 1.82) is 0 Å². The number of halogens is 6. The maximum absolute atomic E-state index is 13.8. The first kappa shape index (κ1) is 31.5. The van der Waals surface area contributed by atoms with Crippen LogP contribution in [-0.4, -0.2) is 45.1 Å². The van der Waals surface area contributed by atoms with Crippen LogP contribution in [0.4, 0.5) is 32.2 Å². The fraction of sp³-hybridized carbons (Fsp3) is 0.258. The molecule has 0 aliphatic heterocycles. The largest absolute Gasteiger partial charge is 0.484 e. The Morgan fingerprint density at radius 3 is 2.35 bits per heavy atom. The number of rotatable bonds is 9. The highest BCUT2D eigenvalue weighted by molar-refractivity contribution is 5.92. The minimum Gasteiger partial charge on any atom is -0.338 e. The molecule has 0 atom stereocenters. The molecule has 1 N–H and O–H groups in total. The summed E-state index contributed by atoms with van der Waals surface area (Å²) < 4.78 is 81.1. The van der Waals surface area contributed by atoms with Gasteiger partial charge in [-0.1, -0.05) is 36.4 Å².